The summed E-state index contributed by atoms with van der Waals surface area (Å²) in [6.45, 7) is 3.75. The molecule has 0 atom stereocenters. The van der Waals surface area contributed by atoms with Crippen molar-refractivity contribution in [3.8, 4) is 5.69 Å². The molecule has 2 rings (SSSR count). The fourth-order valence-electron chi connectivity index (χ4n) is 1.78. The highest BCUT2D eigenvalue weighted by Crippen LogP contribution is 2.06. The molecule has 1 heterocycles. The van der Waals surface area contributed by atoms with Crippen molar-refractivity contribution in [3.05, 3.63) is 36.2 Å². The van der Waals surface area contributed by atoms with E-state index in [0.717, 1.165) is 31.2 Å². The van der Waals surface area contributed by atoms with E-state index < -0.39 is 0 Å². The Hall–Kier alpha value is -1.83. The summed E-state index contributed by atoms with van der Waals surface area (Å²) in [4.78, 5) is 2.10. The van der Waals surface area contributed by atoms with Gasteiger partial charge in [-0.15, -0.1) is 5.10 Å². The maximum Gasteiger partial charge on any atom is 0.170 e. The lowest BCUT2D eigenvalue weighted by Crippen LogP contribution is -2.24. The summed E-state index contributed by atoms with van der Waals surface area (Å²) in [6, 6.07) is 9.85. The summed E-state index contributed by atoms with van der Waals surface area (Å²) < 4.78 is 7.25. The Labute approximate surface area is 124 Å². The van der Waals surface area contributed by atoms with Crippen LogP contribution in [-0.2, 0) is 11.3 Å². The molecule has 7 nitrogen and oxygen atoms in total. The normalized spacial score (nSPS) is 11.2. The first-order valence-electron chi connectivity index (χ1n) is 7.03. The van der Waals surface area contributed by atoms with E-state index in [1.165, 1.54) is 0 Å². The highest BCUT2D eigenvalue weighted by molar-refractivity contribution is 5.30. The van der Waals surface area contributed by atoms with Crippen LogP contribution in [0.2, 0.25) is 0 Å². The first-order valence-corrected chi connectivity index (χ1v) is 7.03. The zero-order valence-electron chi connectivity index (χ0n) is 12.6. The Bertz CT molecular complexity index is 513. The van der Waals surface area contributed by atoms with Crippen molar-refractivity contribution in [1.82, 2.24) is 30.4 Å². The fraction of sp³-hybridized carbons (Fsp3) is 0.500. The van der Waals surface area contributed by atoms with Gasteiger partial charge in [0, 0.05) is 13.1 Å². The van der Waals surface area contributed by atoms with Crippen LogP contribution in [-0.4, -0.2) is 65.5 Å². The molecule has 21 heavy (non-hydrogen) atoms. The zero-order chi connectivity index (χ0) is 14.9. The van der Waals surface area contributed by atoms with Gasteiger partial charge in [0.05, 0.1) is 25.4 Å². The second kappa shape index (κ2) is 8.46. The van der Waals surface area contributed by atoms with Crippen molar-refractivity contribution in [2.45, 2.75) is 6.54 Å². The van der Waals surface area contributed by atoms with Crippen molar-refractivity contribution in [2.24, 2.45) is 0 Å². The standard InChI is InChI=1S/C14H22N6O/c1-19(2)9-11-21-10-8-15-12-14-16-17-18-20(14)13-6-4-3-5-7-13/h3-7,15H,8-12H2,1-2H3. The second-order valence-corrected chi connectivity index (χ2v) is 4.93. The van der Waals surface area contributed by atoms with E-state index in [1.54, 1.807) is 4.68 Å². The van der Waals surface area contributed by atoms with Crippen LogP contribution in [0.15, 0.2) is 30.3 Å². The third kappa shape index (κ3) is 5.22. The van der Waals surface area contributed by atoms with E-state index in [4.69, 9.17) is 4.74 Å². The predicted octanol–water partition coefficient (Wildman–Crippen LogP) is 0.330. The highest BCUT2D eigenvalue weighted by atomic mass is 16.5. The minimum Gasteiger partial charge on any atom is -0.379 e. The third-order valence-corrected chi connectivity index (χ3v) is 2.92. The van der Waals surface area contributed by atoms with Gasteiger partial charge in [0.1, 0.15) is 0 Å². The summed E-state index contributed by atoms with van der Waals surface area (Å²) in [5.41, 5.74) is 0.960. The molecule has 0 aliphatic rings. The summed E-state index contributed by atoms with van der Waals surface area (Å²) in [5.74, 6) is 0.787. The van der Waals surface area contributed by atoms with Crippen LogP contribution in [0.4, 0.5) is 0 Å². The number of nitrogens with zero attached hydrogens (tertiary/aromatic N) is 5. The average molecular weight is 290 g/mol. The fourth-order valence-corrected chi connectivity index (χ4v) is 1.78. The minimum absolute atomic E-state index is 0.610. The SMILES string of the molecule is CN(C)CCOCCNCc1nnnn1-c1ccccc1. The Kier molecular flexibility index (Phi) is 6.26. The number of hydrogen-bond donors (Lipinski definition) is 1. The monoisotopic (exact) mass is 290 g/mol. The molecule has 0 aliphatic heterocycles. The molecule has 2 aromatic rings. The van der Waals surface area contributed by atoms with E-state index >= 15 is 0 Å². The van der Waals surface area contributed by atoms with Gasteiger partial charge in [0.15, 0.2) is 5.82 Å². The van der Waals surface area contributed by atoms with Gasteiger partial charge in [-0.3, -0.25) is 0 Å². The Morgan fingerprint density at radius 2 is 2.00 bits per heavy atom. The van der Waals surface area contributed by atoms with Gasteiger partial charge in [-0.05, 0) is 36.7 Å². The number of aromatic nitrogens is 4. The van der Waals surface area contributed by atoms with Gasteiger partial charge in [0.2, 0.25) is 0 Å². The van der Waals surface area contributed by atoms with E-state index in [1.807, 2.05) is 44.4 Å². The van der Waals surface area contributed by atoms with Gasteiger partial charge in [-0.25, -0.2) is 0 Å². The molecule has 0 unspecified atom stereocenters. The molecular formula is C14H22N6O. The molecule has 7 heteroatoms. The molecule has 1 aromatic carbocycles. The Balaban J connectivity index is 1.71. The molecule has 114 valence electrons. The molecular weight excluding hydrogens is 268 g/mol. The molecule has 1 N–H and O–H groups in total. The molecule has 0 amide bonds. The van der Waals surface area contributed by atoms with Gasteiger partial charge >= 0.3 is 0 Å². The summed E-state index contributed by atoms with van der Waals surface area (Å²) in [6.07, 6.45) is 0. The molecule has 0 saturated heterocycles. The van der Waals surface area contributed by atoms with Crippen LogP contribution in [0.25, 0.3) is 5.69 Å². The Morgan fingerprint density at radius 1 is 1.19 bits per heavy atom. The number of tetrazole rings is 1. The largest absolute Gasteiger partial charge is 0.379 e. The van der Waals surface area contributed by atoms with Crippen LogP contribution >= 0.6 is 0 Å². The molecule has 0 fully saturated rings. The predicted molar refractivity (Wildman–Crippen MR) is 80.2 cm³/mol. The van der Waals surface area contributed by atoms with Gasteiger partial charge in [-0.2, -0.15) is 4.68 Å². The van der Waals surface area contributed by atoms with Gasteiger partial charge in [-0.1, -0.05) is 18.2 Å². The molecule has 0 saturated carbocycles. The van der Waals surface area contributed by atoms with Crippen molar-refractivity contribution < 1.29 is 4.74 Å². The maximum absolute atomic E-state index is 5.52. The molecule has 0 bridgehead atoms. The number of para-hydroxylation sites is 1. The van der Waals surface area contributed by atoms with Crippen molar-refractivity contribution in [2.75, 3.05) is 40.4 Å². The van der Waals surface area contributed by atoms with Crippen LogP contribution in [0, 0.1) is 0 Å². The van der Waals surface area contributed by atoms with E-state index in [2.05, 4.69) is 25.7 Å². The van der Waals surface area contributed by atoms with Crippen LogP contribution in [0.5, 0.6) is 0 Å². The van der Waals surface area contributed by atoms with Crippen molar-refractivity contribution >= 4 is 0 Å². The molecule has 0 spiro atoms. The third-order valence-electron chi connectivity index (χ3n) is 2.92. The van der Waals surface area contributed by atoms with Crippen LogP contribution in [0.1, 0.15) is 5.82 Å². The Morgan fingerprint density at radius 3 is 2.76 bits per heavy atom. The number of ether oxygens (including phenoxy) is 1. The average Bonchev–Trinajstić information content (AvgIpc) is 2.95. The lowest BCUT2D eigenvalue weighted by Gasteiger charge is -2.10. The number of hydrogen-bond acceptors (Lipinski definition) is 6. The van der Waals surface area contributed by atoms with Crippen LogP contribution < -0.4 is 5.32 Å². The number of rotatable bonds is 9. The van der Waals surface area contributed by atoms with Crippen molar-refractivity contribution in [1.29, 1.82) is 0 Å². The van der Waals surface area contributed by atoms with Gasteiger partial charge < -0.3 is 15.0 Å². The lowest BCUT2D eigenvalue weighted by atomic mass is 10.3. The first kappa shape index (κ1) is 15.6. The lowest BCUT2D eigenvalue weighted by molar-refractivity contribution is 0.119. The minimum atomic E-state index is 0.610. The smallest absolute Gasteiger partial charge is 0.170 e. The summed E-state index contributed by atoms with van der Waals surface area (Å²) in [7, 11) is 4.07. The van der Waals surface area contributed by atoms with Gasteiger partial charge in [0.25, 0.3) is 0 Å². The van der Waals surface area contributed by atoms with E-state index in [-0.39, 0.29) is 0 Å². The number of nitrogens with one attached hydrogen (secondary N) is 1. The molecule has 1 aromatic heterocycles. The van der Waals surface area contributed by atoms with Crippen molar-refractivity contribution in [3.63, 3.8) is 0 Å². The topological polar surface area (TPSA) is 68.1 Å². The quantitative estimate of drug-likeness (QED) is 0.671. The van der Waals surface area contributed by atoms with E-state index in [0.29, 0.717) is 13.2 Å². The number of benzene rings is 1. The highest BCUT2D eigenvalue weighted by Gasteiger charge is 2.06. The second-order valence-electron chi connectivity index (χ2n) is 4.93. The summed E-state index contributed by atoms with van der Waals surface area (Å²) >= 11 is 0. The maximum atomic E-state index is 5.52. The number of likely N-dealkylation sites (N-methyl/N-ethyl adjacent to an activating group) is 1. The molecule has 0 aliphatic carbocycles. The van der Waals surface area contributed by atoms with Crippen LogP contribution in [0.3, 0.4) is 0 Å². The van der Waals surface area contributed by atoms with E-state index in [9.17, 15) is 0 Å². The molecule has 0 radical (unpaired) electrons. The zero-order valence-corrected chi connectivity index (χ0v) is 12.6. The first-order chi connectivity index (χ1) is 10.3. The summed E-state index contributed by atoms with van der Waals surface area (Å²) in [5, 5.41) is 15.1.